The number of hydrogen-bond acceptors (Lipinski definition) is 4. The summed E-state index contributed by atoms with van der Waals surface area (Å²) >= 11 is 0. The van der Waals surface area contributed by atoms with Gasteiger partial charge in [-0.3, -0.25) is 19.7 Å². The van der Waals surface area contributed by atoms with Crippen LogP contribution in [0.4, 0.5) is 4.79 Å². The second kappa shape index (κ2) is 6.72. The first-order valence-corrected chi connectivity index (χ1v) is 5.65. The zero-order valence-corrected chi connectivity index (χ0v) is 11.4. The van der Waals surface area contributed by atoms with Crippen molar-refractivity contribution in [3.63, 3.8) is 0 Å². The first kappa shape index (κ1) is 16.9. The summed E-state index contributed by atoms with van der Waals surface area (Å²) in [5.41, 5.74) is -1.27. The Hall–Kier alpha value is -2.12. The second-order valence-electron chi connectivity index (χ2n) is 4.72. The first-order chi connectivity index (χ1) is 8.60. The number of carbonyl (C=O) groups is 4. The van der Waals surface area contributed by atoms with Crippen LogP contribution in [-0.2, 0) is 14.4 Å². The van der Waals surface area contributed by atoms with Crippen LogP contribution in [0.5, 0.6) is 0 Å². The van der Waals surface area contributed by atoms with Crippen LogP contribution >= 0.6 is 0 Å². The molecule has 0 aromatic heterocycles. The smallest absolute Gasteiger partial charge is 0.322 e. The Morgan fingerprint density at radius 2 is 1.74 bits per heavy atom. The highest BCUT2D eigenvalue weighted by atomic mass is 16.4. The van der Waals surface area contributed by atoms with Gasteiger partial charge in [0, 0.05) is 13.5 Å². The molecule has 4 N–H and O–H groups in total. The van der Waals surface area contributed by atoms with Gasteiger partial charge < -0.3 is 15.7 Å². The zero-order valence-electron chi connectivity index (χ0n) is 11.4. The number of aliphatic carboxylic acids is 1. The van der Waals surface area contributed by atoms with Crippen molar-refractivity contribution in [2.24, 2.45) is 5.41 Å². The van der Waals surface area contributed by atoms with E-state index >= 15 is 0 Å². The quantitative estimate of drug-likeness (QED) is 0.535. The van der Waals surface area contributed by atoms with Crippen molar-refractivity contribution in [3.8, 4) is 0 Å². The predicted molar refractivity (Wildman–Crippen MR) is 66.2 cm³/mol. The van der Waals surface area contributed by atoms with Crippen LogP contribution in [0, 0.1) is 5.41 Å². The highest BCUT2D eigenvalue weighted by molar-refractivity contribution is 5.97. The summed E-state index contributed by atoms with van der Waals surface area (Å²) in [7, 11) is 1.42. The molecule has 0 spiro atoms. The minimum atomic E-state index is -1.27. The fraction of sp³-hybridized carbons (Fsp3) is 0.636. The molecule has 0 aliphatic carbocycles. The van der Waals surface area contributed by atoms with E-state index in [1.807, 2.05) is 5.32 Å². The van der Waals surface area contributed by atoms with E-state index in [0.717, 1.165) is 0 Å². The van der Waals surface area contributed by atoms with Gasteiger partial charge in [0.25, 0.3) is 0 Å². The van der Waals surface area contributed by atoms with Gasteiger partial charge in [-0.1, -0.05) is 0 Å². The minimum Gasteiger partial charge on any atom is -0.481 e. The molecule has 108 valence electrons. The number of hydrogen-bond donors (Lipinski definition) is 4. The Kier molecular flexibility index (Phi) is 5.97. The molecular weight excluding hydrogens is 254 g/mol. The molecule has 0 radical (unpaired) electrons. The van der Waals surface area contributed by atoms with E-state index in [0.29, 0.717) is 0 Å². The van der Waals surface area contributed by atoms with Crippen molar-refractivity contribution in [2.45, 2.75) is 33.2 Å². The van der Waals surface area contributed by atoms with E-state index in [1.54, 1.807) is 0 Å². The average molecular weight is 273 g/mol. The third-order valence-corrected chi connectivity index (χ3v) is 2.42. The van der Waals surface area contributed by atoms with Gasteiger partial charge in [0.05, 0.1) is 5.41 Å². The highest BCUT2D eigenvalue weighted by Crippen LogP contribution is 2.19. The van der Waals surface area contributed by atoms with Crippen molar-refractivity contribution in [2.75, 3.05) is 7.05 Å². The molecule has 4 amide bonds. The fourth-order valence-corrected chi connectivity index (χ4v) is 1.16. The number of nitrogens with one attached hydrogen (secondary N) is 3. The summed E-state index contributed by atoms with van der Waals surface area (Å²) in [4.78, 5) is 44.8. The van der Waals surface area contributed by atoms with Crippen LogP contribution in [0.25, 0.3) is 0 Å². The van der Waals surface area contributed by atoms with Gasteiger partial charge in [-0.2, -0.15) is 0 Å². The molecule has 0 fully saturated rings. The maximum atomic E-state index is 11.5. The Morgan fingerprint density at radius 3 is 2.16 bits per heavy atom. The summed E-state index contributed by atoms with van der Waals surface area (Å²) in [6.07, 6.45) is -0.343. The number of rotatable bonds is 5. The van der Waals surface area contributed by atoms with Crippen molar-refractivity contribution < 1.29 is 24.3 Å². The highest BCUT2D eigenvalue weighted by Gasteiger charge is 2.30. The molecular formula is C11H19N3O5. The number of amides is 4. The molecule has 0 heterocycles. The second-order valence-corrected chi connectivity index (χ2v) is 4.72. The van der Waals surface area contributed by atoms with Crippen LogP contribution in [0.3, 0.4) is 0 Å². The molecule has 0 saturated carbocycles. The van der Waals surface area contributed by atoms with Gasteiger partial charge in [0.2, 0.25) is 11.8 Å². The molecule has 1 atom stereocenters. The van der Waals surface area contributed by atoms with Crippen molar-refractivity contribution in [1.82, 2.24) is 16.0 Å². The minimum absolute atomic E-state index is 0.343. The van der Waals surface area contributed by atoms with Gasteiger partial charge >= 0.3 is 12.0 Å². The van der Waals surface area contributed by atoms with Gasteiger partial charge in [-0.05, 0) is 20.8 Å². The SMILES string of the molecule is CNC(=O)C(C)NC(=O)NC(=O)CC(C)(C)C(=O)O. The number of carbonyl (C=O) groups excluding carboxylic acids is 3. The Bertz CT molecular complexity index is 392. The maximum absolute atomic E-state index is 11.5. The third-order valence-electron chi connectivity index (χ3n) is 2.42. The average Bonchev–Trinajstić information content (AvgIpc) is 2.26. The monoisotopic (exact) mass is 273 g/mol. The summed E-state index contributed by atoms with van der Waals surface area (Å²) in [5.74, 6) is -2.27. The molecule has 8 heteroatoms. The van der Waals surface area contributed by atoms with Crippen LogP contribution in [0.2, 0.25) is 0 Å². The number of carboxylic acid groups (broad SMARTS) is 1. The van der Waals surface area contributed by atoms with Crippen molar-refractivity contribution in [1.29, 1.82) is 0 Å². The van der Waals surface area contributed by atoms with Gasteiger partial charge in [-0.15, -0.1) is 0 Å². The molecule has 0 rings (SSSR count). The number of imide groups is 1. The van der Waals surface area contributed by atoms with Gasteiger partial charge in [-0.25, -0.2) is 4.79 Å². The molecule has 0 aromatic carbocycles. The third kappa shape index (κ3) is 5.84. The van der Waals surface area contributed by atoms with E-state index in [-0.39, 0.29) is 6.42 Å². The van der Waals surface area contributed by atoms with Crippen LogP contribution < -0.4 is 16.0 Å². The largest absolute Gasteiger partial charge is 0.481 e. The Balaban J connectivity index is 4.32. The lowest BCUT2D eigenvalue weighted by molar-refractivity contribution is -0.149. The lowest BCUT2D eigenvalue weighted by Crippen LogP contribution is -2.49. The van der Waals surface area contributed by atoms with E-state index in [2.05, 4.69) is 10.6 Å². The van der Waals surface area contributed by atoms with Gasteiger partial charge in [0.1, 0.15) is 6.04 Å². The molecule has 0 aliphatic rings. The fourth-order valence-electron chi connectivity index (χ4n) is 1.16. The molecule has 0 aliphatic heterocycles. The summed E-state index contributed by atoms with van der Waals surface area (Å²) in [5, 5.41) is 15.4. The van der Waals surface area contributed by atoms with Crippen LogP contribution in [0.15, 0.2) is 0 Å². The maximum Gasteiger partial charge on any atom is 0.322 e. The molecule has 0 saturated heterocycles. The lowest BCUT2D eigenvalue weighted by atomic mass is 9.89. The first-order valence-electron chi connectivity index (χ1n) is 5.65. The molecule has 0 aromatic rings. The van der Waals surface area contributed by atoms with Crippen LogP contribution in [-0.4, -0.2) is 42.0 Å². The standard InChI is InChI=1S/C11H19N3O5/c1-6(8(16)12-4)13-10(19)14-7(15)5-11(2,3)9(17)18/h6H,5H2,1-4H3,(H,12,16)(H,17,18)(H2,13,14,15,19). The van der Waals surface area contributed by atoms with Gasteiger partial charge in [0.15, 0.2) is 0 Å². The van der Waals surface area contributed by atoms with E-state index in [1.165, 1.54) is 27.8 Å². The lowest BCUT2D eigenvalue weighted by Gasteiger charge is -2.18. The predicted octanol–water partition coefficient (Wildman–Crippen LogP) is -0.552. The van der Waals surface area contributed by atoms with E-state index in [4.69, 9.17) is 5.11 Å². The molecule has 0 bridgehead atoms. The molecule has 19 heavy (non-hydrogen) atoms. The Morgan fingerprint density at radius 1 is 1.21 bits per heavy atom. The topological polar surface area (TPSA) is 125 Å². The number of likely N-dealkylation sites (N-methyl/N-ethyl adjacent to an activating group) is 1. The van der Waals surface area contributed by atoms with E-state index < -0.39 is 35.3 Å². The normalized spacial score (nSPS) is 12.2. The van der Waals surface area contributed by atoms with Crippen LogP contribution in [0.1, 0.15) is 27.2 Å². The van der Waals surface area contributed by atoms with Crippen molar-refractivity contribution >= 4 is 23.8 Å². The van der Waals surface area contributed by atoms with E-state index in [9.17, 15) is 19.2 Å². The van der Waals surface area contributed by atoms with Crippen molar-refractivity contribution in [3.05, 3.63) is 0 Å². The summed E-state index contributed by atoms with van der Waals surface area (Å²) in [6, 6.07) is -1.65. The summed E-state index contributed by atoms with van der Waals surface area (Å²) in [6.45, 7) is 4.20. The number of urea groups is 1. The molecule has 1 unspecified atom stereocenters. The number of carboxylic acids is 1. The molecule has 8 nitrogen and oxygen atoms in total. The summed E-state index contributed by atoms with van der Waals surface area (Å²) < 4.78 is 0. The Labute approximate surface area is 110 Å². The zero-order chi connectivity index (χ0) is 15.2.